The molecule has 1 saturated heterocycles. The zero-order valence-corrected chi connectivity index (χ0v) is 15.0. The van der Waals surface area contributed by atoms with Gasteiger partial charge in [0, 0.05) is 30.6 Å². The summed E-state index contributed by atoms with van der Waals surface area (Å²) in [7, 11) is 0. The average molecular weight is 351 g/mol. The maximum Gasteiger partial charge on any atom is 0.229 e. The number of imidazole rings is 1. The van der Waals surface area contributed by atoms with Crippen LogP contribution >= 0.6 is 0 Å². The fourth-order valence-electron chi connectivity index (χ4n) is 4.38. The Morgan fingerprint density at radius 1 is 1.19 bits per heavy atom. The van der Waals surface area contributed by atoms with Crippen LogP contribution in [0.15, 0.2) is 30.3 Å². The van der Waals surface area contributed by atoms with E-state index in [1.165, 1.54) is 12.8 Å². The number of rotatable bonds is 3. The number of hydrazine groups is 1. The maximum absolute atomic E-state index is 13.3. The standard InChI is InChI=1S/C20H25N5O/c1-12-17(18(24-23-12)13-7-8-13)20(26)25-10-9-15-16(11-25)22-19(21-15)14-5-3-2-4-6-14/h2-6,12-13,17-18,23-24H,7-11H2,1H3,(H,21,22). The first-order valence-electron chi connectivity index (χ1n) is 9.64. The minimum Gasteiger partial charge on any atom is -0.340 e. The van der Waals surface area contributed by atoms with Gasteiger partial charge in [0.1, 0.15) is 5.82 Å². The van der Waals surface area contributed by atoms with Crippen molar-refractivity contribution in [3.05, 3.63) is 41.7 Å². The van der Waals surface area contributed by atoms with E-state index in [1.807, 2.05) is 23.1 Å². The number of carbonyl (C=O) groups is 1. The number of H-pyrrole nitrogens is 1. The van der Waals surface area contributed by atoms with Gasteiger partial charge in [0.25, 0.3) is 0 Å². The van der Waals surface area contributed by atoms with Gasteiger partial charge in [0.05, 0.1) is 23.9 Å². The molecule has 2 fully saturated rings. The van der Waals surface area contributed by atoms with Crippen molar-refractivity contribution in [1.82, 2.24) is 25.7 Å². The Labute approximate surface area is 153 Å². The first-order chi connectivity index (χ1) is 12.7. The molecule has 3 aliphatic rings. The molecule has 1 aromatic heterocycles. The van der Waals surface area contributed by atoms with Crippen molar-refractivity contribution in [2.75, 3.05) is 6.54 Å². The molecule has 2 aliphatic heterocycles. The van der Waals surface area contributed by atoms with Crippen LogP contribution in [-0.4, -0.2) is 39.4 Å². The normalized spacial score (nSPS) is 28.2. The molecule has 0 radical (unpaired) electrons. The summed E-state index contributed by atoms with van der Waals surface area (Å²) in [6, 6.07) is 10.6. The van der Waals surface area contributed by atoms with E-state index in [1.54, 1.807) is 0 Å². The van der Waals surface area contributed by atoms with Crippen molar-refractivity contribution >= 4 is 5.91 Å². The van der Waals surface area contributed by atoms with E-state index in [-0.39, 0.29) is 23.9 Å². The Morgan fingerprint density at radius 3 is 2.77 bits per heavy atom. The third-order valence-corrected chi connectivity index (χ3v) is 6.01. The first-order valence-corrected chi connectivity index (χ1v) is 9.64. The molecule has 1 aliphatic carbocycles. The van der Waals surface area contributed by atoms with Crippen molar-refractivity contribution in [1.29, 1.82) is 0 Å². The summed E-state index contributed by atoms with van der Waals surface area (Å²) in [5.74, 6) is 1.85. The highest BCUT2D eigenvalue weighted by atomic mass is 16.2. The van der Waals surface area contributed by atoms with Gasteiger partial charge in [-0.1, -0.05) is 30.3 Å². The summed E-state index contributed by atoms with van der Waals surface area (Å²) in [5, 5.41) is 0. The SMILES string of the molecule is CC1NNC(C2CC2)C1C(=O)N1CCc2nc(-c3ccccc3)[nH]c2C1. The summed E-state index contributed by atoms with van der Waals surface area (Å²) >= 11 is 0. The second-order valence-corrected chi connectivity index (χ2v) is 7.85. The van der Waals surface area contributed by atoms with E-state index >= 15 is 0 Å². The molecular formula is C20H25N5O. The van der Waals surface area contributed by atoms with Crippen LogP contribution in [0.4, 0.5) is 0 Å². The maximum atomic E-state index is 13.3. The molecule has 26 heavy (non-hydrogen) atoms. The van der Waals surface area contributed by atoms with Gasteiger partial charge in [0.15, 0.2) is 0 Å². The largest absolute Gasteiger partial charge is 0.340 e. The molecule has 1 saturated carbocycles. The monoisotopic (exact) mass is 351 g/mol. The predicted octanol–water partition coefficient (Wildman–Crippen LogP) is 1.85. The minimum atomic E-state index is 0.0283. The number of fused-ring (bicyclic) bond motifs is 1. The van der Waals surface area contributed by atoms with Crippen molar-refractivity contribution in [3.63, 3.8) is 0 Å². The van der Waals surface area contributed by atoms with Crippen LogP contribution in [0, 0.1) is 11.8 Å². The number of hydrogen-bond donors (Lipinski definition) is 3. The highest BCUT2D eigenvalue weighted by Gasteiger charge is 2.47. The van der Waals surface area contributed by atoms with Crippen molar-refractivity contribution in [3.8, 4) is 11.4 Å². The van der Waals surface area contributed by atoms with Crippen LogP contribution in [-0.2, 0) is 17.8 Å². The van der Waals surface area contributed by atoms with Gasteiger partial charge in [-0.3, -0.25) is 15.6 Å². The van der Waals surface area contributed by atoms with Gasteiger partial charge in [0.2, 0.25) is 5.91 Å². The van der Waals surface area contributed by atoms with Gasteiger partial charge >= 0.3 is 0 Å². The molecule has 136 valence electrons. The van der Waals surface area contributed by atoms with Crippen LogP contribution in [0.5, 0.6) is 0 Å². The number of nitrogens with one attached hydrogen (secondary N) is 3. The second kappa shape index (κ2) is 6.21. The molecule has 3 N–H and O–H groups in total. The van der Waals surface area contributed by atoms with Gasteiger partial charge in [-0.25, -0.2) is 4.98 Å². The molecule has 6 nitrogen and oxygen atoms in total. The van der Waals surface area contributed by atoms with Crippen molar-refractivity contribution in [2.24, 2.45) is 11.8 Å². The predicted molar refractivity (Wildman–Crippen MR) is 98.9 cm³/mol. The van der Waals surface area contributed by atoms with E-state index in [4.69, 9.17) is 4.98 Å². The summed E-state index contributed by atoms with van der Waals surface area (Å²) in [4.78, 5) is 23.5. The Kier molecular flexibility index (Phi) is 3.83. The molecule has 0 spiro atoms. The second-order valence-electron chi connectivity index (χ2n) is 7.85. The zero-order chi connectivity index (χ0) is 17.7. The third-order valence-electron chi connectivity index (χ3n) is 6.01. The van der Waals surface area contributed by atoms with Gasteiger partial charge < -0.3 is 9.88 Å². The van der Waals surface area contributed by atoms with E-state index < -0.39 is 0 Å². The number of benzene rings is 1. The molecule has 3 atom stereocenters. The smallest absolute Gasteiger partial charge is 0.229 e. The summed E-state index contributed by atoms with van der Waals surface area (Å²) in [5.41, 5.74) is 9.92. The fourth-order valence-corrected chi connectivity index (χ4v) is 4.38. The molecule has 6 heteroatoms. The molecule has 1 amide bonds. The molecule has 2 aromatic rings. The van der Waals surface area contributed by atoms with Gasteiger partial charge in [-0.2, -0.15) is 0 Å². The van der Waals surface area contributed by atoms with Crippen LogP contribution in [0.2, 0.25) is 0 Å². The number of hydrogen-bond acceptors (Lipinski definition) is 4. The van der Waals surface area contributed by atoms with Crippen LogP contribution < -0.4 is 10.9 Å². The van der Waals surface area contributed by atoms with Crippen molar-refractivity contribution < 1.29 is 4.79 Å². The summed E-state index contributed by atoms with van der Waals surface area (Å²) in [6.07, 6.45) is 3.29. The van der Waals surface area contributed by atoms with E-state index in [0.29, 0.717) is 12.5 Å². The Hall–Kier alpha value is -2.18. The minimum absolute atomic E-state index is 0.0283. The number of amides is 1. The lowest BCUT2D eigenvalue weighted by Crippen LogP contribution is -2.46. The number of nitrogens with zero attached hydrogens (tertiary/aromatic N) is 2. The zero-order valence-electron chi connectivity index (χ0n) is 15.0. The lowest BCUT2D eigenvalue weighted by molar-refractivity contribution is -0.137. The van der Waals surface area contributed by atoms with Crippen LogP contribution in [0.3, 0.4) is 0 Å². The number of aromatic nitrogens is 2. The number of carbonyl (C=O) groups excluding carboxylic acids is 1. The fraction of sp³-hybridized carbons (Fsp3) is 0.500. The van der Waals surface area contributed by atoms with E-state index in [0.717, 1.165) is 35.7 Å². The first kappa shape index (κ1) is 16.0. The third kappa shape index (κ3) is 2.73. The highest BCUT2D eigenvalue weighted by Crippen LogP contribution is 2.39. The molecule has 0 bridgehead atoms. The molecule has 5 rings (SSSR count). The van der Waals surface area contributed by atoms with Gasteiger partial charge in [-0.15, -0.1) is 0 Å². The molecular weight excluding hydrogens is 326 g/mol. The number of aromatic amines is 1. The van der Waals surface area contributed by atoms with Crippen LogP contribution in [0.1, 0.15) is 31.2 Å². The molecule has 1 aromatic carbocycles. The summed E-state index contributed by atoms with van der Waals surface area (Å²) < 4.78 is 0. The lowest BCUT2D eigenvalue weighted by atomic mass is 9.90. The lowest BCUT2D eigenvalue weighted by Gasteiger charge is -2.31. The Bertz CT molecular complexity index is 813. The van der Waals surface area contributed by atoms with Gasteiger partial charge in [-0.05, 0) is 25.7 Å². The van der Waals surface area contributed by atoms with Crippen LogP contribution in [0.25, 0.3) is 11.4 Å². The van der Waals surface area contributed by atoms with Crippen molar-refractivity contribution in [2.45, 2.75) is 44.8 Å². The summed E-state index contributed by atoms with van der Waals surface area (Å²) in [6.45, 7) is 3.50. The Morgan fingerprint density at radius 2 is 2.00 bits per heavy atom. The molecule has 3 unspecified atom stereocenters. The van der Waals surface area contributed by atoms with E-state index in [9.17, 15) is 4.79 Å². The van der Waals surface area contributed by atoms with E-state index in [2.05, 4.69) is 34.9 Å². The molecule has 3 heterocycles. The highest BCUT2D eigenvalue weighted by molar-refractivity contribution is 5.81. The topological polar surface area (TPSA) is 73.0 Å². The average Bonchev–Trinajstić information content (AvgIpc) is 3.31. The Balaban J connectivity index is 1.35. The quantitative estimate of drug-likeness (QED) is 0.789.